The average Bonchev–Trinajstić information content (AvgIpc) is 2.47. The Kier molecular flexibility index (Phi) is 4.88. The van der Waals surface area contributed by atoms with Gasteiger partial charge >= 0.3 is 0 Å². The van der Waals surface area contributed by atoms with Crippen LogP contribution in [0.1, 0.15) is 21.5 Å². The van der Waals surface area contributed by atoms with E-state index >= 15 is 0 Å². The fourth-order valence-electron chi connectivity index (χ4n) is 1.78. The molecule has 21 heavy (non-hydrogen) atoms. The van der Waals surface area contributed by atoms with Crippen molar-refractivity contribution in [1.29, 1.82) is 0 Å². The highest BCUT2D eigenvalue weighted by atomic mass is 35.5. The van der Waals surface area contributed by atoms with Crippen LogP contribution < -0.4 is 11.1 Å². The lowest BCUT2D eigenvalue weighted by molar-refractivity contribution is 0.0947. The first-order valence-electron chi connectivity index (χ1n) is 6.09. The number of benzene rings is 2. The van der Waals surface area contributed by atoms with Crippen LogP contribution in [0, 0.1) is 5.82 Å². The summed E-state index contributed by atoms with van der Waals surface area (Å²) in [5.74, 6) is -1.15. The molecule has 2 aromatic rings. The molecular formula is C15H12ClFN2OS. The van der Waals surface area contributed by atoms with Crippen LogP contribution in [0.4, 0.5) is 4.39 Å². The van der Waals surface area contributed by atoms with Crippen molar-refractivity contribution in [2.45, 2.75) is 6.54 Å². The Bertz CT molecular complexity index is 706. The number of rotatable bonds is 4. The summed E-state index contributed by atoms with van der Waals surface area (Å²) in [6, 6.07) is 11.0. The van der Waals surface area contributed by atoms with Gasteiger partial charge in [-0.25, -0.2) is 4.39 Å². The molecule has 0 saturated carbocycles. The fraction of sp³-hybridized carbons (Fsp3) is 0.0667. The molecule has 6 heteroatoms. The second kappa shape index (κ2) is 6.65. The Morgan fingerprint density at radius 1 is 1.29 bits per heavy atom. The van der Waals surface area contributed by atoms with Crippen LogP contribution in [0.3, 0.4) is 0 Å². The van der Waals surface area contributed by atoms with E-state index in [1.807, 2.05) is 6.07 Å². The van der Waals surface area contributed by atoms with Crippen molar-refractivity contribution in [2.75, 3.05) is 0 Å². The van der Waals surface area contributed by atoms with E-state index in [-0.39, 0.29) is 17.1 Å². The van der Waals surface area contributed by atoms with Gasteiger partial charge in [-0.2, -0.15) is 0 Å². The SMILES string of the molecule is NC(=S)c1cccc(CNC(=O)c2cc(Cl)ccc2F)c1. The molecule has 0 unspecified atom stereocenters. The minimum Gasteiger partial charge on any atom is -0.389 e. The molecule has 0 saturated heterocycles. The molecular weight excluding hydrogens is 311 g/mol. The number of hydrogen-bond donors (Lipinski definition) is 2. The molecule has 3 nitrogen and oxygen atoms in total. The van der Waals surface area contributed by atoms with Gasteiger partial charge in [0.2, 0.25) is 0 Å². The number of nitrogens with two attached hydrogens (primary N) is 1. The first kappa shape index (κ1) is 15.4. The van der Waals surface area contributed by atoms with E-state index in [4.69, 9.17) is 29.6 Å². The van der Waals surface area contributed by atoms with Crippen LogP contribution in [0.15, 0.2) is 42.5 Å². The van der Waals surface area contributed by atoms with Crippen LogP contribution in [-0.2, 0) is 6.54 Å². The molecule has 0 aliphatic rings. The van der Waals surface area contributed by atoms with E-state index in [1.165, 1.54) is 12.1 Å². The van der Waals surface area contributed by atoms with Crippen molar-refractivity contribution in [3.63, 3.8) is 0 Å². The van der Waals surface area contributed by atoms with E-state index in [2.05, 4.69) is 5.32 Å². The second-order valence-corrected chi connectivity index (χ2v) is 5.25. The normalized spacial score (nSPS) is 10.2. The van der Waals surface area contributed by atoms with Gasteiger partial charge in [0, 0.05) is 17.1 Å². The van der Waals surface area contributed by atoms with Crippen molar-refractivity contribution in [2.24, 2.45) is 5.73 Å². The third-order valence-corrected chi connectivity index (χ3v) is 3.31. The standard InChI is InChI=1S/C15H12ClFN2OS/c16-11-4-5-13(17)12(7-11)15(20)19-8-9-2-1-3-10(6-9)14(18)21/h1-7H,8H2,(H2,18,21)(H,19,20). The lowest BCUT2D eigenvalue weighted by atomic mass is 10.1. The molecule has 2 aromatic carbocycles. The third kappa shape index (κ3) is 4.00. The van der Waals surface area contributed by atoms with Gasteiger partial charge in [-0.3, -0.25) is 4.79 Å². The van der Waals surface area contributed by atoms with Crippen molar-refractivity contribution in [3.8, 4) is 0 Å². The van der Waals surface area contributed by atoms with E-state index < -0.39 is 11.7 Å². The van der Waals surface area contributed by atoms with E-state index in [0.717, 1.165) is 11.6 Å². The zero-order valence-electron chi connectivity index (χ0n) is 10.9. The predicted octanol–water partition coefficient (Wildman–Crippen LogP) is 3.04. The summed E-state index contributed by atoms with van der Waals surface area (Å²) in [6.07, 6.45) is 0. The molecule has 0 bridgehead atoms. The van der Waals surface area contributed by atoms with Gasteiger partial charge in [-0.1, -0.05) is 42.0 Å². The molecule has 3 N–H and O–H groups in total. The molecule has 0 spiro atoms. The average molecular weight is 323 g/mol. The molecule has 2 rings (SSSR count). The summed E-state index contributed by atoms with van der Waals surface area (Å²) in [5.41, 5.74) is 6.99. The maximum Gasteiger partial charge on any atom is 0.254 e. The number of amides is 1. The largest absolute Gasteiger partial charge is 0.389 e. The molecule has 0 aliphatic carbocycles. The first-order valence-corrected chi connectivity index (χ1v) is 6.88. The number of thiocarbonyl (C=S) groups is 1. The van der Waals surface area contributed by atoms with Gasteiger partial charge in [0.05, 0.1) is 5.56 Å². The maximum absolute atomic E-state index is 13.6. The minimum atomic E-state index is -0.617. The molecule has 108 valence electrons. The Balaban J connectivity index is 2.09. The van der Waals surface area contributed by atoms with Crippen molar-refractivity contribution in [3.05, 3.63) is 70.0 Å². The summed E-state index contributed by atoms with van der Waals surface area (Å²) in [7, 11) is 0. The topological polar surface area (TPSA) is 55.1 Å². The highest BCUT2D eigenvalue weighted by molar-refractivity contribution is 7.80. The Hall–Kier alpha value is -1.98. The Labute approximate surface area is 131 Å². The number of carbonyl (C=O) groups is 1. The smallest absolute Gasteiger partial charge is 0.254 e. The molecule has 1 amide bonds. The molecule has 0 atom stereocenters. The van der Waals surface area contributed by atoms with E-state index in [1.54, 1.807) is 18.2 Å². The van der Waals surface area contributed by atoms with Gasteiger partial charge in [-0.15, -0.1) is 0 Å². The summed E-state index contributed by atoms with van der Waals surface area (Å²) in [4.78, 5) is 12.2. The Morgan fingerprint density at radius 3 is 2.76 bits per heavy atom. The maximum atomic E-state index is 13.6. The van der Waals surface area contributed by atoms with Crippen LogP contribution >= 0.6 is 23.8 Å². The molecule has 0 heterocycles. The summed E-state index contributed by atoms with van der Waals surface area (Å²) >= 11 is 10.7. The highest BCUT2D eigenvalue weighted by Gasteiger charge is 2.12. The van der Waals surface area contributed by atoms with Crippen LogP contribution in [-0.4, -0.2) is 10.9 Å². The number of nitrogens with one attached hydrogen (secondary N) is 1. The summed E-state index contributed by atoms with van der Waals surface area (Å²) in [6.45, 7) is 0.237. The first-order chi connectivity index (χ1) is 9.97. The summed E-state index contributed by atoms with van der Waals surface area (Å²) in [5, 5.41) is 2.93. The zero-order valence-corrected chi connectivity index (χ0v) is 12.5. The van der Waals surface area contributed by atoms with Gasteiger partial charge in [0.1, 0.15) is 10.8 Å². The van der Waals surface area contributed by atoms with Crippen LogP contribution in [0.25, 0.3) is 0 Å². The minimum absolute atomic E-state index is 0.0898. The van der Waals surface area contributed by atoms with Crippen molar-refractivity contribution < 1.29 is 9.18 Å². The zero-order chi connectivity index (χ0) is 15.4. The highest BCUT2D eigenvalue weighted by Crippen LogP contribution is 2.15. The van der Waals surface area contributed by atoms with Crippen molar-refractivity contribution in [1.82, 2.24) is 5.32 Å². The second-order valence-electron chi connectivity index (χ2n) is 4.37. The number of hydrogen-bond acceptors (Lipinski definition) is 2. The van der Waals surface area contributed by atoms with E-state index in [9.17, 15) is 9.18 Å². The molecule has 0 aromatic heterocycles. The quantitative estimate of drug-likeness (QED) is 0.851. The fourth-order valence-corrected chi connectivity index (χ4v) is 2.08. The van der Waals surface area contributed by atoms with Gasteiger partial charge in [0.15, 0.2) is 0 Å². The van der Waals surface area contributed by atoms with Gasteiger partial charge in [-0.05, 0) is 29.8 Å². The number of halogens is 2. The van der Waals surface area contributed by atoms with Crippen LogP contribution in [0.5, 0.6) is 0 Å². The number of carbonyl (C=O) groups excluding carboxylic acids is 1. The predicted molar refractivity (Wildman–Crippen MR) is 84.9 cm³/mol. The lowest BCUT2D eigenvalue weighted by Crippen LogP contribution is -2.24. The van der Waals surface area contributed by atoms with Gasteiger partial charge in [0.25, 0.3) is 5.91 Å². The van der Waals surface area contributed by atoms with E-state index in [0.29, 0.717) is 10.6 Å². The third-order valence-electron chi connectivity index (χ3n) is 2.84. The van der Waals surface area contributed by atoms with Gasteiger partial charge < -0.3 is 11.1 Å². The Morgan fingerprint density at radius 2 is 2.05 bits per heavy atom. The monoisotopic (exact) mass is 322 g/mol. The van der Waals surface area contributed by atoms with Crippen LogP contribution in [0.2, 0.25) is 5.02 Å². The molecule has 0 radical (unpaired) electrons. The van der Waals surface area contributed by atoms with Crippen molar-refractivity contribution >= 4 is 34.7 Å². The molecule has 0 aliphatic heterocycles. The molecule has 0 fully saturated rings. The lowest BCUT2D eigenvalue weighted by Gasteiger charge is -2.08. The summed E-state index contributed by atoms with van der Waals surface area (Å²) < 4.78 is 13.6.